The van der Waals surface area contributed by atoms with E-state index in [1.54, 1.807) is 14.2 Å². The van der Waals surface area contributed by atoms with Crippen molar-refractivity contribution >= 4 is 22.8 Å². The minimum absolute atomic E-state index is 0.219. The molecule has 8 heteroatoms. The number of hydrogen-bond acceptors (Lipinski definition) is 5. The number of nitrogens with zero attached hydrogens (tertiary/aromatic N) is 5. The first-order chi connectivity index (χ1) is 13.0. The second-order valence-electron chi connectivity index (χ2n) is 7.04. The molecule has 0 amide bonds. The lowest BCUT2D eigenvalue weighted by Crippen LogP contribution is -2.41. The highest BCUT2D eigenvalue weighted by Crippen LogP contribution is 2.32. The van der Waals surface area contributed by atoms with E-state index in [1.165, 1.54) is 9.13 Å². The minimum atomic E-state index is -0.376. The Kier molecular flexibility index (Phi) is 4.35. The van der Waals surface area contributed by atoms with Gasteiger partial charge in [-0.3, -0.25) is 13.9 Å². The van der Waals surface area contributed by atoms with Gasteiger partial charge in [0, 0.05) is 32.9 Å². The molecular formula is C19H23N5O3. The fraction of sp³-hybridized carbons (Fsp3) is 0.421. The zero-order valence-corrected chi connectivity index (χ0v) is 15.8. The van der Waals surface area contributed by atoms with E-state index in [0.717, 1.165) is 12.2 Å². The van der Waals surface area contributed by atoms with Crippen LogP contribution in [0.2, 0.25) is 0 Å². The number of methoxy groups -OCH3 is 1. The van der Waals surface area contributed by atoms with Crippen LogP contribution in [0.15, 0.2) is 39.9 Å². The summed E-state index contributed by atoms with van der Waals surface area (Å²) in [5, 5.41) is 0. The third-order valence-corrected chi connectivity index (χ3v) is 5.03. The highest BCUT2D eigenvalue weighted by atomic mass is 16.5. The van der Waals surface area contributed by atoms with Crippen LogP contribution in [0.1, 0.15) is 6.92 Å². The smallest absolute Gasteiger partial charge is 0.332 e. The molecule has 1 unspecified atom stereocenters. The van der Waals surface area contributed by atoms with Crippen molar-refractivity contribution in [2.24, 2.45) is 13.0 Å². The molecule has 1 aliphatic heterocycles. The summed E-state index contributed by atoms with van der Waals surface area (Å²) >= 11 is 0. The fourth-order valence-electron chi connectivity index (χ4n) is 3.71. The molecule has 0 N–H and O–H groups in total. The fourth-order valence-corrected chi connectivity index (χ4v) is 3.71. The van der Waals surface area contributed by atoms with E-state index in [2.05, 4.69) is 11.8 Å². The van der Waals surface area contributed by atoms with Gasteiger partial charge < -0.3 is 14.2 Å². The standard InChI is InChI=1S/C19H23N5O3/c1-13-11-23(14-7-5-4-6-8-14)18-20-16-15(24(18)12-13)17(25)22(9-10-27-3)19(26)21(16)2/h4-8,13H,9-12H2,1-3H3. The summed E-state index contributed by atoms with van der Waals surface area (Å²) in [6, 6.07) is 9.98. The number of fused-ring (bicyclic) bond motifs is 3. The summed E-state index contributed by atoms with van der Waals surface area (Å²) < 4.78 is 9.68. The molecule has 0 radical (unpaired) electrons. The number of imidazole rings is 1. The number of para-hydroxylation sites is 1. The second-order valence-corrected chi connectivity index (χ2v) is 7.04. The molecule has 4 rings (SSSR count). The molecule has 1 aromatic carbocycles. The first kappa shape index (κ1) is 17.5. The van der Waals surface area contributed by atoms with Gasteiger partial charge in [-0.05, 0) is 18.1 Å². The molecule has 0 spiro atoms. The average Bonchev–Trinajstić information content (AvgIpc) is 3.06. The summed E-state index contributed by atoms with van der Waals surface area (Å²) in [5.74, 6) is 1.03. The van der Waals surface area contributed by atoms with Crippen molar-refractivity contribution in [3.63, 3.8) is 0 Å². The van der Waals surface area contributed by atoms with Gasteiger partial charge in [0.15, 0.2) is 11.2 Å². The van der Waals surface area contributed by atoms with Crippen LogP contribution in [0.4, 0.5) is 11.6 Å². The highest BCUT2D eigenvalue weighted by Gasteiger charge is 2.29. The summed E-state index contributed by atoms with van der Waals surface area (Å²) in [4.78, 5) is 32.6. The third kappa shape index (κ3) is 2.76. The predicted molar refractivity (Wildman–Crippen MR) is 104 cm³/mol. The van der Waals surface area contributed by atoms with Gasteiger partial charge in [-0.2, -0.15) is 4.98 Å². The maximum Gasteiger partial charge on any atom is 0.332 e. The number of benzene rings is 1. The average molecular weight is 369 g/mol. The summed E-state index contributed by atoms with van der Waals surface area (Å²) in [5.41, 5.74) is 1.22. The largest absolute Gasteiger partial charge is 0.383 e. The van der Waals surface area contributed by atoms with Crippen LogP contribution in [-0.4, -0.2) is 38.9 Å². The van der Waals surface area contributed by atoms with Crippen LogP contribution < -0.4 is 16.1 Å². The van der Waals surface area contributed by atoms with Crippen LogP contribution in [0.5, 0.6) is 0 Å². The Hall–Kier alpha value is -2.87. The van der Waals surface area contributed by atoms with Gasteiger partial charge in [-0.25, -0.2) is 4.79 Å². The quantitative estimate of drug-likeness (QED) is 0.694. The maximum absolute atomic E-state index is 13.1. The first-order valence-electron chi connectivity index (χ1n) is 9.04. The van der Waals surface area contributed by atoms with E-state index in [0.29, 0.717) is 36.2 Å². The molecule has 0 bridgehead atoms. The van der Waals surface area contributed by atoms with Crippen LogP contribution in [-0.2, 0) is 24.9 Å². The number of rotatable bonds is 4. The van der Waals surface area contributed by atoms with Crippen LogP contribution in [0.3, 0.4) is 0 Å². The topological polar surface area (TPSA) is 74.3 Å². The molecule has 27 heavy (non-hydrogen) atoms. The first-order valence-corrected chi connectivity index (χ1v) is 9.04. The lowest BCUT2D eigenvalue weighted by atomic mass is 10.1. The number of aromatic nitrogens is 4. The van der Waals surface area contributed by atoms with Crippen LogP contribution in [0.25, 0.3) is 11.2 Å². The van der Waals surface area contributed by atoms with Crippen molar-refractivity contribution in [3.8, 4) is 0 Å². The molecule has 142 valence electrons. The van der Waals surface area contributed by atoms with Gasteiger partial charge in [0.25, 0.3) is 5.56 Å². The lowest BCUT2D eigenvalue weighted by molar-refractivity contribution is 0.184. The molecule has 0 aliphatic carbocycles. The van der Waals surface area contributed by atoms with E-state index in [4.69, 9.17) is 9.72 Å². The molecule has 1 aliphatic rings. The lowest BCUT2D eigenvalue weighted by Gasteiger charge is -2.32. The normalized spacial score (nSPS) is 16.7. The highest BCUT2D eigenvalue weighted by molar-refractivity contribution is 5.77. The molecular weight excluding hydrogens is 346 g/mol. The van der Waals surface area contributed by atoms with Crippen LogP contribution >= 0.6 is 0 Å². The van der Waals surface area contributed by atoms with Gasteiger partial charge in [0.1, 0.15) is 0 Å². The zero-order valence-electron chi connectivity index (χ0n) is 15.8. The third-order valence-electron chi connectivity index (χ3n) is 5.03. The van der Waals surface area contributed by atoms with Gasteiger partial charge in [0.2, 0.25) is 5.95 Å². The van der Waals surface area contributed by atoms with Gasteiger partial charge in [-0.15, -0.1) is 0 Å². The van der Waals surface area contributed by atoms with Crippen molar-refractivity contribution in [2.75, 3.05) is 25.2 Å². The molecule has 8 nitrogen and oxygen atoms in total. The molecule has 1 atom stereocenters. The van der Waals surface area contributed by atoms with E-state index < -0.39 is 0 Å². The number of ether oxygens (including phenoxy) is 1. The maximum atomic E-state index is 13.1. The van der Waals surface area contributed by atoms with E-state index in [1.807, 2.05) is 34.9 Å². The number of anilines is 2. The van der Waals surface area contributed by atoms with Gasteiger partial charge >= 0.3 is 5.69 Å². The monoisotopic (exact) mass is 369 g/mol. The Morgan fingerprint density at radius 1 is 1.19 bits per heavy atom. The second kappa shape index (κ2) is 6.70. The summed E-state index contributed by atoms with van der Waals surface area (Å²) in [6.07, 6.45) is 0. The Morgan fingerprint density at radius 2 is 1.93 bits per heavy atom. The molecule has 2 aromatic heterocycles. The van der Waals surface area contributed by atoms with E-state index in [9.17, 15) is 9.59 Å². The Morgan fingerprint density at radius 3 is 2.63 bits per heavy atom. The predicted octanol–water partition coefficient (Wildman–Crippen LogP) is 1.33. The van der Waals surface area contributed by atoms with Crippen molar-refractivity contribution in [1.82, 2.24) is 18.7 Å². The van der Waals surface area contributed by atoms with Crippen molar-refractivity contribution in [3.05, 3.63) is 51.2 Å². The van der Waals surface area contributed by atoms with Gasteiger partial charge in [0.05, 0.1) is 13.2 Å². The summed E-state index contributed by atoms with van der Waals surface area (Å²) in [7, 11) is 3.21. The van der Waals surface area contributed by atoms with Gasteiger partial charge in [-0.1, -0.05) is 25.1 Å². The van der Waals surface area contributed by atoms with E-state index >= 15 is 0 Å². The molecule has 0 fully saturated rings. The number of hydrogen-bond donors (Lipinski definition) is 0. The zero-order chi connectivity index (χ0) is 19.1. The van der Waals surface area contributed by atoms with Crippen molar-refractivity contribution in [2.45, 2.75) is 20.0 Å². The van der Waals surface area contributed by atoms with Crippen molar-refractivity contribution < 1.29 is 4.74 Å². The Balaban J connectivity index is 1.98. The Bertz CT molecular complexity index is 1100. The summed E-state index contributed by atoms with van der Waals surface area (Å²) in [6.45, 7) is 4.16. The Labute approximate surface area is 156 Å². The van der Waals surface area contributed by atoms with Crippen molar-refractivity contribution in [1.29, 1.82) is 0 Å². The van der Waals surface area contributed by atoms with Crippen LogP contribution in [0, 0.1) is 5.92 Å². The molecule has 0 saturated carbocycles. The molecule has 0 saturated heterocycles. The molecule has 3 aromatic rings. The minimum Gasteiger partial charge on any atom is -0.383 e. The SMILES string of the molecule is COCCn1c(=O)c2c(nc3n2CC(C)CN3c2ccccc2)n(C)c1=O. The molecule has 3 heterocycles. The number of aryl methyl sites for hydroxylation is 1. The van der Waals surface area contributed by atoms with E-state index in [-0.39, 0.29) is 17.8 Å².